The number of nitrogens with zero attached hydrogens (tertiary/aromatic N) is 3. The third kappa shape index (κ3) is 4.00. The highest BCUT2D eigenvalue weighted by molar-refractivity contribution is 5.46. The normalized spacial score (nSPS) is 10.6. The number of nitrogens with one attached hydrogen (secondary N) is 2. The van der Waals surface area contributed by atoms with Crippen molar-refractivity contribution in [3.05, 3.63) is 11.9 Å². The smallest absolute Gasteiger partial charge is 0.145 e. The zero-order valence-electron chi connectivity index (χ0n) is 10.1. The van der Waals surface area contributed by atoms with Crippen LogP contribution >= 0.6 is 0 Å². The Bertz CT molecular complexity index is 303. The molecular weight excluding hydrogens is 204 g/mol. The molecule has 0 saturated heterocycles. The maximum atomic E-state index is 5.34. The van der Waals surface area contributed by atoms with Gasteiger partial charge in [0.15, 0.2) is 0 Å². The highest BCUT2D eigenvalue weighted by Crippen LogP contribution is 2.10. The van der Waals surface area contributed by atoms with Gasteiger partial charge in [-0.2, -0.15) is 0 Å². The van der Waals surface area contributed by atoms with Crippen molar-refractivity contribution >= 4 is 11.6 Å². The summed E-state index contributed by atoms with van der Waals surface area (Å²) >= 11 is 0. The van der Waals surface area contributed by atoms with Gasteiger partial charge in [0.1, 0.15) is 17.5 Å². The molecule has 6 heteroatoms. The number of aromatic nitrogens is 2. The molecule has 0 amide bonds. The molecule has 4 N–H and O–H groups in total. The fourth-order valence-corrected chi connectivity index (χ4v) is 1.23. The fourth-order valence-electron chi connectivity index (χ4n) is 1.23. The van der Waals surface area contributed by atoms with Crippen molar-refractivity contribution in [1.29, 1.82) is 0 Å². The van der Waals surface area contributed by atoms with Crippen LogP contribution in [0.15, 0.2) is 6.07 Å². The topological polar surface area (TPSA) is 79.1 Å². The van der Waals surface area contributed by atoms with E-state index in [1.54, 1.807) is 6.07 Å². The van der Waals surface area contributed by atoms with E-state index in [-0.39, 0.29) is 0 Å². The molecule has 90 valence electrons. The first-order chi connectivity index (χ1) is 7.65. The molecule has 0 unspecified atom stereocenters. The quantitative estimate of drug-likeness (QED) is 0.476. The molecule has 16 heavy (non-hydrogen) atoms. The second-order valence-corrected chi connectivity index (χ2v) is 3.78. The summed E-state index contributed by atoms with van der Waals surface area (Å²) in [4.78, 5) is 10.7. The van der Waals surface area contributed by atoms with Gasteiger partial charge in [0, 0.05) is 25.6 Å². The van der Waals surface area contributed by atoms with E-state index in [1.807, 2.05) is 21.0 Å². The molecule has 0 aliphatic rings. The highest BCUT2D eigenvalue weighted by Gasteiger charge is 2.02. The molecule has 6 nitrogen and oxygen atoms in total. The molecule has 0 radical (unpaired) electrons. The van der Waals surface area contributed by atoms with Crippen molar-refractivity contribution in [1.82, 2.24) is 14.9 Å². The number of likely N-dealkylation sites (N-methyl/N-ethyl adjacent to an activating group) is 1. The Kier molecular flexibility index (Phi) is 4.94. The summed E-state index contributed by atoms with van der Waals surface area (Å²) in [5, 5.41) is 3.24. The SMILES string of the molecule is CCc1nc(NN)cc(NCCN(C)C)n1. The fraction of sp³-hybridized carbons (Fsp3) is 0.600. The molecule has 0 spiro atoms. The number of nitrogen functional groups attached to an aromatic ring is 1. The van der Waals surface area contributed by atoms with Crippen LogP contribution < -0.4 is 16.6 Å². The number of hydrogen-bond donors (Lipinski definition) is 3. The summed E-state index contributed by atoms with van der Waals surface area (Å²) in [6.07, 6.45) is 0.790. The van der Waals surface area contributed by atoms with E-state index in [9.17, 15) is 0 Å². The predicted molar refractivity (Wildman–Crippen MR) is 66.3 cm³/mol. The predicted octanol–water partition coefficient (Wildman–Crippen LogP) is 0.298. The van der Waals surface area contributed by atoms with Gasteiger partial charge in [-0.25, -0.2) is 15.8 Å². The second kappa shape index (κ2) is 6.24. The van der Waals surface area contributed by atoms with Crippen molar-refractivity contribution in [3.8, 4) is 0 Å². The lowest BCUT2D eigenvalue weighted by atomic mass is 10.4. The standard InChI is InChI=1S/C10H20N6/c1-4-8-13-9(7-10(14-8)15-11)12-5-6-16(2)3/h7H,4-6,11H2,1-3H3,(H2,12,13,14,15). The van der Waals surface area contributed by atoms with Gasteiger partial charge in [-0.05, 0) is 14.1 Å². The van der Waals surface area contributed by atoms with Crippen molar-refractivity contribution in [2.24, 2.45) is 5.84 Å². The number of anilines is 2. The lowest BCUT2D eigenvalue weighted by molar-refractivity contribution is 0.425. The number of hydrogen-bond acceptors (Lipinski definition) is 6. The molecule has 0 aliphatic carbocycles. The molecule has 0 aliphatic heterocycles. The number of rotatable bonds is 6. The maximum Gasteiger partial charge on any atom is 0.145 e. The molecule has 0 aromatic carbocycles. The Morgan fingerprint density at radius 1 is 1.31 bits per heavy atom. The van der Waals surface area contributed by atoms with E-state index in [4.69, 9.17) is 5.84 Å². The number of aryl methyl sites for hydroxylation is 1. The van der Waals surface area contributed by atoms with Crippen molar-refractivity contribution in [3.63, 3.8) is 0 Å². The minimum atomic E-state index is 0.638. The van der Waals surface area contributed by atoms with E-state index < -0.39 is 0 Å². The van der Waals surface area contributed by atoms with Crippen LogP contribution in [0, 0.1) is 0 Å². The molecule has 0 bridgehead atoms. The van der Waals surface area contributed by atoms with Gasteiger partial charge in [0.05, 0.1) is 0 Å². The average molecular weight is 224 g/mol. The van der Waals surface area contributed by atoms with Crippen LogP contribution in [0.5, 0.6) is 0 Å². The van der Waals surface area contributed by atoms with Crippen LogP contribution in [-0.2, 0) is 6.42 Å². The van der Waals surface area contributed by atoms with Crippen LogP contribution in [0.25, 0.3) is 0 Å². The Balaban J connectivity index is 2.64. The van der Waals surface area contributed by atoms with Gasteiger partial charge in [0.2, 0.25) is 0 Å². The summed E-state index contributed by atoms with van der Waals surface area (Å²) in [5.74, 6) is 7.57. The molecule has 1 aromatic heterocycles. The zero-order chi connectivity index (χ0) is 12.0. The third-order valence-corrected chi connectivity index (χ3v) is 2.10. The van der Waals surface area contributed by atoms with Gasteiger partial charge in [0.25, 0.3) is 0 Å². The van der Waals surface area contributed by atoms with E-state index in [2.05, 4.69) is 25.6 Å². The summed E-state index contributed by atoms with van der Waals surface area (Å²) in [7, 11) is 4.07. The van der Waals surface area contributed by atoms with Crippen molar-refractivity contribution < 1.29 is 0 Å². The van der Waals surface area contributed by atoms with E-state index in [1.165, 1.54) is 0 Å². The van der Waals surface area contributed by atoms with Crippen LogP contribution in [-0.4, -0.2) is 42.1 Å². The molecule has 1 aromatic rings. The summed E-state index contributed by atoms with van der Waals surface area (Å²) < 4.78 is 0. The molecular formula is C10H20N6. The van der Waals surface area contributed by atoms with E-state index in [0.29, 0.717) is 5.82 Å². The third-order valence-electron chi connectivity index (χ3n) is 2.10. The number of hydrazine groups is 1. The molecule has 0 saturated carbocycles. The Labute approximate surface area is 96.2 Å². The van der Waals surface area contributed by atoms with Crippen LogP contribution in [0.4, 0.5) is 11.6 Å². The Morgan fingerprint density at radius 3 is 2.56 bits per heavy atom. The van der Waals surface area contributed by atoms with Crippen LogP contribution in [0.2, 0.25) is 0 Å². The molecule has 1 heterocycles. The average Bonchev–Trinajstić information content (AvgIpc) is 2.28. The first-order valence-corrected chi connectivity index (χ1v) is 5.39. The van der Waals surface area contributed by atoms with Gasteiger partial charge in [-0.15, -0.1) is 0 Å². The Morgan fingerprint density at radius 2 is 2.00 bits per heavy atom. The van der Waals surface area contributed by atoms with Crippen molar-refractivity contribution in [2.75, 3.05) is 37.9 Å². The molecule has 0 atom stereocenters. The van der Waals surface area contributed by atoms with Crippen LogP contribution in [0.3, 0.4) is 0 Å². The second-order valence-electron chi connectivity index (χ2n) is 3.78. The largest absolute Gasteiger partial charge is 0.369 e. The van der Waals surface area contributed by atoms with Gasteiger partial charge in [-0.1, -0.05) is 6.92 Å². The lowest BCUT2D eigenvalue weighted by Gasteiger charge is -2.12. The number of nitrogens with two attached hydrogens (primary N) is 1. The first-order valence-electron chi connectivity index (χ1n) is 5.39. The summed E-state index contributed by atoms with van der Waals surface area (Å²) in [6, 6.07) is 1.80. The highest BCUT2D eigenvalue weighted by atomic mass is 15.3. The lowest BCUT2D eigenvalue weighted by Crippen LogP contribution is -2.21. The van der Waals surface area contributed by atoms with Crippen molar-refractivity contribution in [2.45, 2.75) is 13.3 Å². The monoisotopic (exact) mass is 224 g/mol. The zero-order valence-corrected chi connectivity index (χ0v) is 10.1. The van der Waals surface area contributed by atoms with E-state index >= 15 is 0 Å². The summed E-state index contributed by atoms with van der Waals surface area (Å²) in [5.41, 5.74) is 2.54. The first kappa shape index (κ1) is 12.7. The maximum absolute atomic E-state index is 5.34. The van der Waals surface area contributed by atoms with Gasteiger partial charge >= 0.3 is 0 Å². The van der Waals surface area contributed by atoms with Gasteiger partial charge in [-0.3, -0.25) is 0 Å². The molecule has 1 rings (SSSR count). The van der Waals surface area contributed by atoms with Gasteiger partial charge < -0.3 is 15.6 Å². The molecule has 0 fully saturated rings. The minimum Gasteiger partial charge on any atom is -0.369 e. The summed E-state index contributed by atoms with van der Waals surface area (Å²) in [6.45, 7) is 3.81. The Hall–Kier alpha value is -1.40. The van der Waals surface area contributed by atoms with Crippen LogP contribution in [0.1, 0.15) is 12.7 Å². The minimum absolute atomic E-state index is 0.638. The van der Waals surface area contributed by atoms with E-state index in [0.717, 1.165) is 31.2 Å².